The van der Waals surface area contributed by atoms with E-state index in [1.54, 1.807) is 41.4 Å². The maximum absolute atomic E-state index is 13.1. The van der Waals surface area contributed by atoms with E-state index >= 15 is 0 Å². The summed E-state index contributed by atoms with van der Waals surface area (Å²) < 4.78 is 4.71. The van der Waals surface area contributed by atoms with Crippen molar-refractivity contribution in [1.82, 2.24) is 4.98 Å². The monoisotopic (exact) mass is 421 g/mol. The zero-order valence-electron chi connectivity index (χ0n) is 15.3. The zero-order valence-corrected chi connectivity index (χ0v) is 16.9. The van der Waals surface area contributed by atoms with Crippen LogP contribution < -0.4 is 4.90 Å². The molecule has 1 aromatic heterocycles. The molecule has 4 rings (SSSR count). The molecule has 144 valence electrons. The Balaban J connectivity index is 1.69. The van der Waals surface area contributed by atoms with Crippen molar-refractivity contribution in [1.29, 1.82) is 0 Å². The van der Waals surface area contributed by atoms with Gasteiger partial charge < -0.3 is 4.74 Å². The van der Waals surface area contributed by atoms with Crippen LogP contribution in [-0.2, 0) is 9.53 Å². The lowest BCUT2D eigenvalue weighted by Crippen LogP contribution is -2.28. The molecule has 0 N–H and O–H groups in total. The normalized spacial score (nSPS) is 16.6. The molecule has 2 heterocycles. The molecule has 0 radical (unpaired) electrons. The maximum atomic E-state index is 13.1. The van der Waals surface area contributed by atoms with Crippen LogP contribution in [0.15, 0.2) is 76.1 Å². The van der Waals surface area contributed by atoms with Crippen LogP contribution in [0.5, 0.6) is 0 Å². The van der Waals surface area contributed by atoms with Crippen molar-refractivity contribution in [2.24, 2.45) is 4.99 Å². The van der Waals surface area contributed by atoms with Crippen LogP contribution in [0, 0.1) is 0 Å². The second-order valence-electron chi connectivity index (χ2n) is 5.91. The van der Waals surface area contributed by atoms with Gasteiger partial charge in [-0.15, -0.1) is 11.3 Å². The van der Waals surface area contributed by atoms with E-state index < -0.39 is 5.97 Å². The number of thiazole rings is 1. The minimum Gasteiger partial charge on any atom is -0.465 e. The second-order valence-corrected chi connectivity index (χ2v) is 7.79. The van der Waals surface area contributed by atoms with E-state index in [1.165, 1.54) is 30.2 Å². The lowest BCUT2D eigenvalue weighted by Gasteiger charge is -2.14. The Morgan fingerprint density at radius 2 is 1.90 bits per heavy atom. The molecule has 0 aliphatic carbocycles. The lowest BCUT2D eigenvalue weighted by molar-refractivity contribution is -0.113. The number of anilines is 1. The quantitative estimate of drug-likeness (QED) is 0.449. The summed E-state index contributed by atoms with van der Waals surface area (Å²) in [7, 11) is 1.34. The molecule has 1 aliphatic heterocycles. The van der Waals surface area contributed by atoms with E-state index in [1.807, 2.05) is 35.7 Å². The Bertz CT molecular complexity index is 1090. The first-order valence-corrected chi connectivity index (χ1v) is 10.3. The summed E-state index contributed by atoms with van der Waals surface area (Å²) in [6.07, 6.45) is 3.46. The molecule has 6 nitrogen and oxygen atoms in total. The van der Waals surface area contributed by atoms with E-state index in [0.717, 1.165) is 11.3 Å². The van der Waals surface area contributed by atoms with Crippen LogP contribution in [0.2, 0.25) is 0 Å². The third kappa shape index (κ3) is 4.13. The molecule has 0 saturated carbocycles. The number of benzene rings is 2. The number of amides is 1. The van der Waals surface area contributed by atoms with Crippen molar-refractivity contribution >= 4 is 57.0 Å². The van der Waals surface area contributed by atoms with Crippen LogP contribution in [0.25, 0.3) is 6.08 Å². The highest BCUT2D eigenvalue weighted by Crippen LogP contribution is 2.37. The van der Waals surface area contributed by atoms with Crippen LogP contribution in [-0.4, -0.2) is 29.1 Å². The third-order valence-electron chi connectivity index (χ3n) is 4.06. The number of esters is 1. The number of methoxy groups -OCH3 is 1. The summed E-state index contributed by atoms with van der Waals surface area (Å²) in [6.45, 7) is 0. The largest absolute Gasteiger partial charge is 0.465 e. The number of hydrogen-bond donors (Lipinski definition) is 0. The summed E-state index contributed by atoms with van der Waals surface area (Å²) in [5.41, 5.74) is 2.00. The fourth-order valence-corrected chi connectivity index (χ4v) is 4.24. The van der Waals surface area contributed by atoms with E-state index in [4.69, 9.17) is 4.74 Å². The number of thioether (sulfide) groups is 1. The molecule has 29 heavy (non-hydrogen) atoms. The van der Waals surface area contributed by atoms with Crippen LogP contribution >= 0.6 is 23.1 Å². The molecular formula is C21H15N3O3S2. The van der Waals surface area contributed by atoms with Gasteiger partial charge in [-0.2, -0.15) is 4.99 Å². The SMILES string of the molecule is COC(=O)c1ccc(/C=C2\S/C(=N/c3nccs3)N(c3ccccc3)C2=O)cc1. The first kappa shape index (κ1) is 19.1. The van der Waals surface area contributed by atoms with Crippen LogP contribution in [0.1, 0.15) is 15.9 Å². The van der Waals surface area contributed by atoms with Crippen molar-refractivity contribution in [2.45, 2.75) is 0 Å². The topological polar surface area (TPSA) is 71.9 Å². The summed E-state index contributed by atoms with van der Waals surface area (Å²) in [6, 6.07) is 16.3. The lowest BCUT2D eigenvalue weighted by atomic mass is 10.1. The predicted molar refractivity (Wildman–Crippen MR) is 116 cm³/mol. The Labute approximate surface area is 175 Å². The number of para-hydroxylation sites is 1. The van der Waals surface area contributed by atoms with E-state index in [2.05, 4.69) is 9.98 Å². The minimum absolute atomic E-state index is 0.159. The van der Waals surface area contributed by atoms with Crippen molar-refractivity contribution < 1.29 is 14.3 Å². The third-order valence-corrected chi connectivity index (χ3v) is 5.70. The maximum Gasteiger partial charge on any atom is 0.337 e. The Kier molecular flexibility index (Phi) is 5.55. The molecule has 1 aliphatic rings. The molecule has 8 heteroatoms. The fraction of sp³-hybridized carbons (Fsp3) is 0.0476. The average Bonchev–Trinajstić information content (AvgIpc) is 3.37. The Morgan fingerprint density at radius 3 is 2.55 bits per heavy atom. The smallest absolute Gasteiger partial charge is 0.337 e. The van der Waals surface area contributed by atoms with Crippen LogP contribution in [0.3, 0.4) is 0 Å². The number of ether oxygens (including phenoxy) is 1. The van der Waals surface area contributed by atoms with Gasteiger partial charge in [0.05, 0.1) is 23.3 Å². The van der Waals surface area contributed by atoms with Gasteiger partial charge in [-0.25, -0.2) is 9.78 Å². The Morgan fingerprint density at radius 1 is 1.14 bits per heavy atom. The van der Waals surface area contributed by atoms with Gasteiger partial charge in [-0.1, -0.05) is 30.3 Å². The number of nitrogens with zero attached hydrogens (tertiary/aromatic N) is 3. The molecule has 1 fully saturated rings. The van der Waals surface area contributed by atoms with Gasteiger partial charge in [-0.3, -0.25) is 9.69 Å². The standard InChI is InChI=1S/C21H15N3O3S2/c1-27-19(26)15-9-7-14(8-10-15)13-17-18(25)24(16-5-3-2-4-6-16)21(29-17)23-20-22-11-12-28-20/h2-13H,1H3/b17-13-,23-21+. The number of carbonyl (C=O) groups excluding carboxylic acids is 2. The van der Waals surface area contributed by atoms with Crippen molar-refractivity contribution in [3.8, 4) is 0 Å². The highest BCUT2D eigenvalue weighted by molar-refractivity contribution is 8.19. The molecule has 1 amide bonds. The van der Waals surface area contributed by atoms with Gasteiger partial charge in [0.25, 0.3) is 5.91 Å². The highest BCUT2D eigenvalue weighted by Gasteiger charge is 2.34. The summed E-state index contributed by atoms with van der Waals surface area (Å²) in [5.74, 6) is -0.558. The van der Waals surface area contributed by atoms with Gasteiger partial charge in [0, 0.05) is 11.6 Å². The number of aliphatic imine (C=N–C) groups is 1. The highest BCUT2D eigenvalue weighted by atomic mass is 32.2. The predicted octanol–water partition coefficient (Wildman–Crippen LogP) is 4.74. The number of carbonyl (C=O) groups is 2. The Hall–Kier alpha value is -3.23. The van der Waals surface area contributed by atoms with Gasteiger partial charge >= 0.3 is 5.97 Å². The van der Waals surface area contributed by atoms with E-state index in [9.17, 15) is 9.59 Å². The van der Waals surface area contributed by atoms with Gasteiger partial charge in [0.1, 0.15) is 0 Å². The first-order valence-electron chi connectivity index (χ1n) is 8.61. The van der Waals surface area contributed by atoms with Gasteiger partial charge in [0.2, 0.25) is 5.13 Å². The van der Waals surface area contributed by atoms with E-state index in [-0.39, 0.29) is 5.91 Å². The fourth-order valence-electron chi connectivity index (χ4n) is 2.69. The van der Waals surface area contributed by atoms with E-state index in [0.29, 0.717) is 20.8 Å². The first-order chi connectivity index (χ1) is 14.2. The summed E-state index contributed by atoms with van der Waals surface area (Å²) >= 11 is 2.70. The number of aromatic nitrogens is 1. The molecule has 0 spiro atoms. The molecule has 0 atom stereocenters. The molecule has 2 aromatic carbocycles. The van der Waals surface area contributed by atoms with Gasteiger partial charge in [-0.05, 0) is 47.7 Å². The molecule has 3 aromatic rings. The van der Waals surface area contributed by atoms with Crippen molar-refractivity contribution in [2.75, 3.05) is 12.0 Å². The summed E-state index contributed by atoms with van der Waals surface area (Å²) in [5, 5.41) is 2.98. The van der Waals surface area contributed by atoms with Crippen molar-refractivity contribution in [3.05, 3.63) is 82.2 Å². The van der Waals surface area contributed by atoms with Gasteiger partial charge in [0.15, 0.2) is 5.17 Å². The van der Waals surface area contributed by atoms with Crippen LogP contribution in [0.4, 0.5) is 10.8 Å². The molecule has 0 unspecified atom stereocenters. The number of hydrogen-bond acceptors (Lipinski definition) is 7. The molecule has 0 bridgehead atoms. The number of rotatable bonds is 4. The summed E-state index contributed by atoms with van der Waals surface area (Å²) in [4.78, 5) is 35.6. The second kappa shape index (κ2) is 8.42. The molecule has 1 saturated heterocycles. The molecular weight excluding hydrogens is 406 g/mol. The number of amidine groups is 1. The average molecular weight is 422 g/mol. The zero-order chi connectivity index (χ0) is 20.2. The minimum atomic E-state index is -0.399. The van der Waals surface area contributed by atoms with Crippen molar-refractivity contribution in [3.63, 3.8) is 0 Å².